The average Bonchev–Trinajstić information content (AvgIpc) is 2.60. The smallest absolute Gasteiger partial charge is 0.335 e. The highest BCUT2D eigenvalue weighted by atomic mass is 32.2. The molecule has 2 N–H and O–H groups in total. The van der Waals surface area contributed by atoms with E-state index in [4.69, 9.17) is 9.84 Å². The van der Waals surface area contributed by atoms with Crippen LogP contribution in [0.4, 0.5) is 5.69 Å². The summed E-state index contributed by atoms with van der Waals surface area (Å²) in [5.74, 6) is -0.206. The average molecular weight is 391 g/mol. The van der Waals surface area contributed by atoms with Gasteiger partial charge >= 0.3 is 5.97 Å². The second-order valence-electron chi connectivity index (χ2n) is 6.89. The summed E-state index contributed by atoms with van der Waals surface area (Å²) in [6, 6.07) is 11.6. The molecule has 0 fully saturated rings. The zero-order valence-electron chi connectivity index (χ0n) is 15.7. The van der Waals surface area contributed by atoms with E-state index in [1.165, 1.54) is 12.1 Å². The second kappa shape index (κ2) is 8.90. The van der Waals surface area contributed by atoms with Crippen molar-refractivity contribution in [3.05, 3.63) is 59.2 Å². The van der Waals surface area contributed by atoms with Crippen LogP contribution in [0.3, 0.4) is 0 Å². The molecule has 0 unspecified atom stereocenters. The van der Waals surface area contributed by atoms with Crippen molar-refractivity contribution in [2.45, 2.75) is 33.8 Å². The van der Waals surface area contributed by atoms with Gasteiger partial charge in [0.1, 0.15) is 12.4 Å². The van der Waals surface area contributed by atoms with Crippen molar-refractivity contribution in [3.63, 3.8) is 0 Å². The molecule has 7 heteroatoms. The summed E-state index contributed by atoms with van der Waals surface area (Å²) in [5, 5.41) is 8.94. The van der Waals surface area contributed by atoms with Crippen LogP contribution in [0.15, 0.2) is 42.5 Å². The summed E-state index contributed by atoms with van der Waals surface area (Å²) in [6.45, 7) is 6.05. The highest BCUT2D eigenvalue weighted by Crippen LogP contribution is 2.28. The third kappa shape index (κ3) is 6.60. The van der Waals surface area contributed by atoms with Crippen LogP contribution >= 0.6 is 0 Å². The summed E-state index contributed by atoms with van der Waals surface area (Å²) in [4.78, 5) is 10.9. The fourth-order valence-electron chi connectivity index (χ4n) is 2.35. The standard InChI is InChI=1S/C20H25NO5S/c1-14(2)10-11-27(24,25)21-18-9-4-15(3)12-19(18)26-13-16-5-7-17(8-6-16)20(22)23/h4-9,12,14,21H,10-11,13H2,1-3H3,(H,22,23). The molecule has 0 aliphatic carbocycles. The Morgan fingerprint density at radius 3 is 2.41 bits per heavy atom. The minimum absolute atomic E-state index is 0.0502. The van der Waals surface area contributed by atoms with Crippen LogP contribution in [-0.4, -0.2) is 25.2 Å². The summed E-state index contributed by atoms with van der Waals surface area (Å²) in [5.41, 5.74) is 2.32. The summed E-state index contributed by atoms with van der Waals surface area (Å²) < 4.78 is 33.0. The van der Waals surface area contributed by atoms with Gasteiger partial charge in [-0.3, -0.25) is 4.72 Å². The molecule has 0 amide bonds. The van der Waals surface area contributed by atoms with Crippen molar-refractivity contribution in [3.8, 4) is 5.75 Å². The Bertz CT molecular complexity index is 889. The van der Waals surface area contributed by atoms with Crippen LogP contribution in [0.2, 0.25) is 0 Å². The van der Waals surface area contributed by atoms with E-state index in [2.05, 4.69) is 4.72 Å². The van der Waals surface area contributed by atoms with Crippen LogP contribution in [0.25, 0.3) is 0 Å². The first-order chi connectivity index (χ1) is 12.7. The van der Waals surface area contributed by atoms with Crippen molar-refractivity contribution in [1.82, 2.24) is 0 Å². The number of nitrogens with one attached hydrogen (secondary N) is 1. The molecular weight excluding hydrogens is 366 g/mol. The van der Waals surface area contributed by atoms with E-state index in [0.29, 0.717) is 23.8 Å². The van der Waals surface area contributed by atoms with Crippen LogP contribution in [0, 0.1) is 12.8 Å². The molecule has 146 valence electrons. The van der Waals surface area contributed by atoms with Gasteiger partial charge in [0.05, 0.1) is 17.0 Å². The number of ether oxygens (including phenoxy) is 1. The van der Waals surface area contributed by atoms with Gasteiger partial charge in [-0.05, 0) is 54.7 Å². The van der Waals surface area contributed by atoms with Crippen molar-refractivity contribution >= 4 is 21.7 Å². The molecule has 27 heavy (non-hydrogen) atoms. The van der Waals surface area contributed by atoms with Gasteiger partial charge in [-0.1, -0.05) is 32.0 Å². The number of benzene rings is 2. The Kier molecular flexibility index (Phi) is 6.85. The van der Waals surface area contributed by atoms with Crippen LogP contribution < -0.4 is 9.46 Å². The van der Waals surface area contributed by atoms with E-state index >= 15 is 0 Å². The lowest BCUT2D eigenvalue weighted by Crippen LogP contribution is -2.18. The van der Waals surface area contributed by atoms with Crippen molar-refractivity contribution < 1.29 is 23.1 Å². The van der Waals surface area contributed by atoms with Crippen molar-refractivity contribution in [1.29, 1.82) is 0 Å². The lowest BCUT2D eigenvalue weighted by Gasteiger charge is -2.15. The highest BCUT2D eigenvalue weighted by Gasteiger charge is 2.15. The van der Waals surface area contributed by atoms with E-state index < -0.39 is 16.0 Å². The molecule has 0 aliphatic rings. The molecule has 0 heterocycles. The fourth-order valence-corrected chi connectivity index (χ4v) is 3.73. The molecule has 2 aromatic carbocycles. The molecule has 0 radical (unpaired) electrons. The summed E-state index contributed by atoms with van der Waals surface area (Å²) in [6.07, 6.45) is 0.577. The first kappa shape index (κ1) is 20.8. The van der Waals surface area contributed by atoms with Gasteiger partial charge in [0.15, 0.2) is 0 Å². The van der Waals surface area contributed by atoms with Gasteiger partial charge in [0, 0.05) is 0 Å². The first-order valence-electron chi connectivity index (χ1n) is 8.72. The zero-order valence-corrected chi connectivity index (χ0v) is 16.5. The molecule has 0 saturated heterocycles. The van der Waals surface area contributed by atoms with E-state index in [0.717, 1.165) is 11.1 Å². The molecule has 2 rings (SSSR count). The maximum absolute atomic E-state index is 12.3. The molecule has 0 spiro atoms. The lowest BCUT2D eigenvalue weighted by atomic mass is 10.1. The predicted octanol–water partition coefficient (Wildman–Crippen LogP) is 4.06. The van der Waals surface area contributed by atoms with E-state index in [-0.39, 0.29) is 17.9 Å². The van der Waals surface area contributed by atoms with Gasteiger partial charge in [0.25, 0.3) is 0 Å². The van der Waals surface area contributed by atoms with Crippen LogP contribution in [-0.2, 0) is 16.6 Å². The maximum Gasteiger partial charge on any atom is 0.335 e. The molecular formula is C20H25NO5S. The van der Waals surface area contributed by atoms with Crippen molar-refractivity contribution in [2.24, 2.45) is 5.92 Å². The number of hydrogen-bond donors (Lipinski definition) is 2. The lowest BCUT2D eigenvalue weighted by molar-refractivity contribution is 0.0697. The molecule has 0 atom stereocenters. The number of carboxylic acid groups (broad SMARTS) is 1. The van der Waals surface area contributed by atoms with E-state index in [1.54, 1.807) is 24.3 Å². The number of anilines is 1. The van der Waals surface area contributed by atoms with E-state index in [9.17, 15) is 13.2 Å². The summed E-state index contributed by atoms with van der Waals surface area (Å²) in [7, 11) is -3.46. The number of aryl methyl sites for hydroxylation is 1. The Balaban J connectivity index is 2.12. The normalized spacial score (nSPS) is 11.4. The second-order valence-corrected chi connectivity index (χ2v) is 8.74. The Labute approximate surface area is 160 Å². The third-order valence-electron chi connectivity index (χ3n) is 3.96. The Hall–Kier alpha value is -2.54. The van der Waals surface area contributed by atoms with Crippen LogP contribution in [0.1, 0.15) is 41.8 Å². The largest absolute Gasteiger partial charge is 0.487 e. The molecule has 2 aromatic rings. The molecule has 0 saturated carbocycles. The monoisotopic (exact) mass is 391 g/mol. The molecule has 6 nitrogen and oxygen atoms in total. The van der Waals surface area contributed by atoms with E-state index in [1.807, 2.05) is 26.8 Å². The van der Waals surface area contributed by atoms with Crippen molar-refractivity contribution in [2.75, 3.05) is 10.5 Å². The minimum atomic E-state index is -3.46. The molecule has 0 aliphatic heterocycles. The number of aromatic carboxylic acids is 1. The molecule has 0 aromatic heterocycles. The quantitative estimate of drug-likeness (QED) is 0.672. The Morgan fingerprint density at radius 1 is 1.15 bits per heavy atom. The van der Waals surface area contributed by atoms with Gasteiger partial charge in [-0.25, -0.2) is 13.2 Å². The molecule has 0 bridgehead atoms. The van der Waals surface area contributed by atoms with Gasteiger partial charge < -0.3 is 9.84 Å². The topological polar surface area (TPSA) is 92.7 Å². The van der Waals surface area contributed by atoms with Gasteiger partial charge in [-0.2, -0.15) is 0 Å². The highest BCUT2D eigenvalue weighted by molar-refractivity contribution is 7.92. The number of rotatable bonds is 9. The number of hydrogen-bond acceptors (Lipinski definition) is 4. The summed E-state index contributed by atoms with van der Waals surface area (Å²) >= 11 is 0. The number of carboxylic acids is 1. The third-order valence-corrected chi connectivity index (χ3v) is 5.27. The minimum Gasteiger partial charge on any atom is -0.487 e. The number of sulfonamides is 1. The maximum atomic E-state index is 12.3. The zero-order chi connectivity index (χ0) is 20.0. The SMILES string of the molecule is Cc1ccc(NS(=O)(=O)CCC(C)C)c(OCc2ccc(C(=O)O)cc2)c1. The first-order valence-corrected chi connectivity index (χ1v) is 10.4. The Morgan fingerprint density at radius 2 is 1.81 bits per heavy atom. The number of carbonyl (C=O) groups is 1. The van der Waals surface area contributed by atoms with Gasteiger partial charge in [0.2, 0.25) is 10.0 Å². The predicted molar refractivity (Wildman–Crippen MR) is 106 cm³/mol. The van der Waals surface area contributed by atoms with Crippen LogP contribution in [0.5, 0.6) is 5.75 Å². The van der Waals surface area contributed by atoms with Gasteiger partial charge in [-0.15, -0.1) is 0 Å². The fraction of sp³-hybridized carbons (Fsp3) is 0.350.